The van der Waals surface area contributed by atoms with E-state index >= 15 is 0 Å². The molecule has 1 aromatic carbocycles. The van der Waals surface area contributed by atoms with Crippen molar-refractivity contribution < 1.29 is 14.4 Å². The van der Waals surface area contributed by atoms with Crippen molar-refractivity contribution in [2.75, 3.05) is 19.7 Å². The third kappa shape index (κ3) is 3.54. The number of para-hydroxylation sites is 1. The van der Waals surface area contributed by atoms with E-state index in [1.165, 1.54) is 0 Å². The Kier molecular flexibility index (Phi) is 5.72. The molecule has 3 aliphatic rings. The number of aliphatic hydroxyl groups excluding tert-OH is 1. The first-order valence-electron chi connectivity index (χ1n) is 9.18. The van der Waals surface area contributed by atoms with Crippen LogP contribution in [0, 0.1) is 12.3 Å². The maximum atomic E-state index is 11.0. The first kappa shape index (κ1) is 19.6. The van der Waals surface area contributed by atoms with E-state index in [4.69, 9.17) is 9.26 Å². The Morgan fingerprint density at radius 1 is 1.37 bits per heavy atom. The van der Waals surface area contributed by atoms with Crippen molar-refractivity contribution in [1.29, 1.82) is 0 Å². The predicted octanol–water partition coefficient (Wildman–Crippen LogP) is 2.44. The summed E-state index contributed by atoms with van der Waals surface area (Å²) in [6.45, 7) is 8.13. The van der Waals surface area contributed by atoms with Crippen LogP contribution in [0.15, 0.2) is 41.4 Å². The largest absolute Gasteiger partial charge is 0.492 e. The average Bonchev–Trinajstić information content (AvgIpc) is 3.10. The molecule has 0 amide bonds. The van der Waals surface area contributed by atoms with Gasteiger partial charge in [0.15, 0.2) is 5.82 Å². The monoisotopic (exact) mass is 366 g/mol. The smallest absolute Gasteiger partial charge is 0.261 e. The van der Waals surface area contributed by atoms with E-state index in [1.54, 1.807) is 6.92 Å². The highest BCUT2D eigenvalue weighted by Crippen LogP contribution is 2.45. The summed E-state index contributed by atoms with van der Waals surface area (Å²) in [5.41, 5.74) is 0.579. The minimum Gasteiger partial charge on any atom is -0.492 e. The molecule has 3 fully saturated rings. The summed E-state index contributed by atoms with van der Waals surface area (Å²) < 4.78 is 11.5. The second kappa shape index (κ2) is 7.86. The molecule has 0 aliphatic carbocycles. The standard InChI is InChI=1S/C20H25N3O3.B/c1-3-6-16-18(24)20(9-11-23(16)12-10-20)13-25-17-8-5-4-7-15(17)19-21-14(2)22-26-19;/h3-5,7-8,16,18,24H,1,6,9-13H2,2H3;. The molecule has 2 atom stereocenters. The Morgan fingerprint density at radius 3 is 2.78 bits per heavy atom. The van der Waals surface area contributed by atoms with Gasteiger partial charge in [0.05, 0.1) is 18.3 Å². The van der Waals surface area contributed by atoms with E-state index in [0.717, 1.165) is 37.9 Å². The fraction of sp³-hybridized carbons (Fsp3) is 0.500. The van der Waals surface area contributed by atoms with Crippen LogP contribution in [0.3, 0.4) is 0 Å². The molecule has 27 heavy (non-hydrogen) atoms. The van der Waals surface area contributed by atoms with Crippen molar-refractivity contribution in [2.45, 2.75) is 38.3 Å². The molecule has 2 bridgehead atoms. The molecule has 7 heteroatoms. The van der Waals surface area contributed by atoms with Gasteiger partial charge in [0.1, 0.15) is 5.75 Å². The van der Waals surface area contributed by atoms with Gasteiger partial charge >= 0.3 is 0 Å². The van der Waals surface area contributed by atoms with Crippen LogP contribution in [0.2, 0.25) is 0 Å². The minimum absolute atomic E-state index is 0. The zero-order valence-corrected chi connectivity index (χ0v) is 15.7. The zero-order chi connectivity index (χ0) is 18.1. The molecule has 0 spiro atoms. The predicted molar refractivity (Wildman–Crippen MR) is 104 cm³/mol. The van der Waals surface area contributed by atoms with Crippen LogP contribution in [-0.4, -0.2) is 60.4 Å². The number of hydrogen-bond acceptors (Lipinski definition) is 6. The van der Waals surface area contributed by atoms with Crippen molar-refractivity contribution in [3.05, 3.63) is 42.7 Å². The SMILES string of the molecule is C=CCC1C(O)C2(COc3ccccc3-c3nc(C)no3)CCN1CC2.[B]. The Morgan fingerprint density at radius 2 is 2.11 bits per heavy atom. The summed E-state index contributed by atoms with van der Waals surface area (Å²) in [4.78, 5) is 6.69. The molecule has 1 N–H and O–H groups in total. The number of fused-ring (bicyclic) bond motifs is 3. The maximum Gasteiger partial charge on any atom is 0.261 e. The van der Waals surface area contributed by atoms with Crippen LogP contribution in [-0.2, 0) is 0 Å². The third-order valence-corrected chi connectivity index (χ3v) is 5.82. The van der Waals surface area contributed by atoms with Crippen molar-refractivity contribution in [3.63, 3.8) is 0 Å². The topological polar surface area (TPSA) is 71.6 Å². The molecule has 3 aliphatic heterocycles. The lowest BCUT2D eigenvalue weighted by molar-refractivity contribution is -0.146. The third-order valence-electron chi connectivity index (χ3n) is 5.82. The fourth-order valence-electron chi connectivity index (χ4n) is 4.28. The van der Waals surface area contributed by atoms with E-state index in [0.29, 0.717) is 24.1 Å². The number of rotatable bonds is 6. The Labute approximate surface area is 161 Å². The number of aliphatic hydroxyl groups is 1. The second-order valence-electron chi connectivity index (χ2n) is 7.37. The second-order valence-corrected chi connectivity index (χ2v) is 7.37. The maximum absolute atomic E-state index is 11.0. The number of aryl methyl sites for hydroxylation is 1. The molecule has 4 heterocycles. The van der Waals surface area contributed by atoms with Gasteiger partial charge in [-0.25, -0.2) is 0 Å². The van der Waals surface area contributed by atoms with E-state index in [-0.39, 0.29) is 19.9 Å². The summed E-state index contributed by atoms with van der Waals surface area (Å²) in [5, 5.41) is 14.9. The number of benzene rings is 1. The first-order chi connectivity index (χ1) is 12.6. The van der Waals surface area contributed by atoms with E-state index in [1.807, 2.05) is 30.3 Å². The molecular formula is C20H25BN3O3. The highest BCUT2D eigenvalue weighted by atomic mass is 16.5. The van der Waals surface area contributed by atoms with Gasteiger partial charge in [-0.05, 0) is 51.4 Å². The molecule has 2 unspecified atom stereocenters. The van der Waals surface area contributed by atoms with E-state index < -0.39 is 6.10 Å². The van der Waals surface area contributed by atoms with Gasteiger partial charge < -0.3 is 14.4 Å². The molecule has 5 rings (SSSR count). The summed E-state index contributed by atoms with van der Waals surface area (Å²) in [7, 11) is 0. The van der Waals surface area contributed by atoms with E-state index in [9.17, 15) is 5.11 Å². The molecule has 3 radical (unpaired) electrons. The van der Waals surface area contributed by atoms with Crippen LogP contribution in [0.1, 0.15) is 25.1 Å². The molecule has 6 nitrogen and oxygen atoms in total. The number of nitrogens with zero attached hydrogens (tertiary/aromatic N) is 3. The number of aromatic nitrogens is 2. The zero-order valence-electron chi connectivity index (χ0n) is 15.7. The summed E-state index contributed by atoms with van der Waals surface area (Å²) >= 11 is 0. The summed E-state index contributed by atoms with van der Waals surface area (Å²) in [5.74, 6) is 1.76. The number of hydrogen-bond donors (Lipinski definition) is 1. The van der Waals surface area contributed by atoms with Crippen LogP contribution in [0.4, 0.5) is 0 Å². The highest BCUT2D eigenvalue weighted by molar-refractivity contribution is 5.75. The van der Waals surface area contributed by atoms with Gasteiger partial charge in [-0.15, -0.1) is 6.58 Å². The molecule has 2 aromatic rings. The lowest BCUT2D eigenvalue weighted by Gasteiger charge is -2.55. The van der Waals surface area contributed by atoms with Crippen LogP contribution >= 0.6 is 0 Å². The van der Waals surface area contributed by atoms with Gasteiger partial charge in [0.2, 0.25) is 0 Å². The Bertz CT molecular complexity index is 786. The molecule has 1 aromatic heterocycles. The fourth-order valence-corrected chi connectivity index (χ4v) is 4.28. The molecule has 0 saturated carbocycles. The normalized spacial score (nSPS) is 29.2. The van der Waals surface area contributed by atoms with Gasteiger partial charge in [-0.1, -0.05) is 23.4 Å². The van der Waals surface area contributed by atoms with Crippen molar-refractivity contribution >= 4 is 8.41 Å². The van der Waals surface area contributed by atoms with Crippen molar-refractivity contribution in [1.82, 2.24) is 15.0 Å². The number of piperidine rings is 3. The molecule has 3 saturated heterocycles. The minimum atomic E-state index is -0.402. The van der Waals surface area contributed by atoms with Gasteiger partial charge in [-0.2, -0.15) is 4.98 Å². The van der Waals surface area contributed by atoms with Gasteiger partial charge in [0, 0.05) is 19.9 Å². The molecular weight excluding hydrogens is 341 g/mol. The van der Waals surface area contributed by atoms with E-state index in [2.05, 4.69) is 21.6 Å². The lowest BCUT2D eigenvalue weighted by Crippen LogP contribution is -2.64. The highest BCUT2D eigenvalue weighted by Gasteiger charge is 2.51. The summed E-state index contributed by atoms with van der Waals surface area (Å²) in [6.07, 6.45) is 4.20. The van der Waals surface area contributed by atoms with Crippen LogP contribution < -0.4 is 4.74 Å². The Hall–Kier alpha value is -2.12. The number of ether oxygens (including phenoxy) is 1. The van der Waals surface area contributed by atoms with Gasteiger partial charge in [-0.3, -0.25) is 4.90 Å². The van der Waals surface area contributed by atoms with Crippen LogP contribution in [0.25, 0.3) is 11.5 Å². The van der Waals surface area contributed by atoms with Crippen molar-refractivity contribution in [3.8, 4) is 17.2 Å². The van der Waals surface area contributed by atoms with Crippen LogP contribution in [0.5, 0.6) is 5.75 Å². The first-order valence-corrected chi connectivity index (χ1v) is 9.18. The molecule has 141 valence electrons. The van der Waals surface area contributed by atoms with Crippen molar-refractivity contribution in [2.24, 2.45) is 5.41 Å². The van der Waals surface area contributed by atoms with Gasteiger partial charge in [0.25, 0.3) is 5.89 Å². The lowest BCUT2D eigenvalue weighted by atomic mass is 9.66. The quantitative estimate of drug-likeness (QED) is 0.626. The summed E-state index contributed by atoms with van der Waals surface area (Å²) in [6, 6.07) is 7.83. The Balaban J connectivity index is 0.00000210. The average molecular weight is 366 g/mol.